The second-order valence-electron chi connectivity index (χ2n) is 3.60. The Morgan fingerprint density at radius 2 is 2.00 bits per heavy atom. The number of nitrogens with two attached hydrogens (primary N) is 1. The van der Waals surface area contributed by atoms with Crippen LogP contribution >= 0.6 is 0 Å². The molecule has 1 aromatic carbocycles. The first-order valence-electron chi connectivity index (χ1n) is 5.32. The van der Waals surface area contributed by atoms with Gasteiger partial charge in [-0.15, -0.1) is 0 Å². The van der Waals surface area contributed by atoms with Gasteiger partial charge in [-0.25, -0.2) is 4.79 Å². The number of benzene rings is 1. The summed E-state index contributed by atoms with van der Waals surface area (Å²) < 4.78 is 9.84. The second-order valence-corrected chi connectivity index (χ2v) is 3.60. The number of nitrogens with zero attached hydrogens (tertiary/aromatic N) is 2. The third-order valence-electron chi connectivity index (χ3n) is 2.16. The van der Waals surface area contributed by atoms with Crippen molar-refractivity contribution in [2.75, 3.05) is 14.2 Å². The van der Waals surface area contributed by atoms with Crippen molar-refractivity contribution in [2.24, 2.45) is 10.9 Å². The number of methoxy groups -OCH3 is 2. The zero-order chi connectivity index (χ0) is 15.3. The predicted octanol–water partition coefficient (Wildman–Crippen LogP) is 1.06. The molecule has 1 rings (SSSR count). The molecule has 0 aromatic heterocycles. The molecule has 9 nitrogen and oxygen atoms in total. The molecule has 0 bridgehead atoms. The number of hydrogen-bond acceptors (Lipinski definition) is 7. The summed E-state index contributed by atoms with van der Waals surface area (Å²) in [4.78, 5) is 26.5. The van der Waals surface area contributed by atoms with E-state index in [1.165, 1.54) is 27.2 Å². The maximum atomic E-state index is 11.7. The van der Waals surface area contributed by atoms with Gasteiger partial charge in [0.15, 0.2) is 5.75 Å². The van der Waals surface area contributed by atoms with E-state index in [4.69, 9.17) is 15.2 Å². The van der Waals surface area contributed by atoms with Gasteiger partial charge < -0.3 is 20.0 Å². The van der Waals surface area contributed by atoms with E-state index in [0.29, 0.717) is 0 Å². The van der Waals surface area contributed by atoms with E-state index in [-0.39, 0.29) is 22.9 Å². The van der Waals surface area contributed by atoms with Crippen LogP contribution in [-0.2, 0) is 4.84 Å². The molecule has 2 N–H and O–H groups in total. The summed E-state index contributed by atoms with van der Waals surface area (Å²) in [7, 11) is 2.55. The number of rotatable bonds is 5. The van der Waals surface area contributed by atoms with Gasteiger partial charge in [-0.3, -0.25) is 10.1 Å². The molecule has 9 heteroatoms. The van der Waals surface area contributed by atoms with Gasteiger partial charge in [0.1, 0.15) is 5.84 Å². The molecule has 1 aromatic rings. The fraction of sp³-hybridized carbons (Fsp3) is 0.273. The molecule has 0 aliphatic heterocycles. The number of carbonyl (C=O) groups excluding carboxylic acids is 1. The van der Waals surface area contributed by atoms with Gasteiger partial charge in [-0.1, -0.05) is 5.16 Å². The van der Waals surface area contributed by atoms with Crippen molar-refractivity contribution in [3.05, 3.63) is 27.8 Å². The SMILES string of the molecule is COc1cc(C(=O)ON=C(C)N)cc([N+](=O)[O-])c1OC. The van der Waals surface area contributed by atoms with E-state index < -0.39 is 16.6 Å². The van der Waals surface area contributed by atoms with Gasteiger partial charge in [-0.05, 0) is 13.0 Å². The van der Waals surface area contributed by atoms with Crippen LogP contribution in [0.4, 0.5) is 5.69 Å². The molecule has 0 unspecified atom stereocenters. The van der Waals surface area contributed by atoms with E-state index >= 15 is 0 Å². The Labute approximate surface area is 114 Å². The minimum atomic E-state index is -0.904. The highest BCUT2D eigenvalue weighted by molar-refractivity contribution is 5.92. The van der Waals surface area contributed by atoms with E-state index in [0.717, 1.165) is 6.07 Å². The largest absolute Gasteiger partial charge is 0.493 e. The Morgan fingerprint density at radius 3 is 2.45 bits per heavy atom. The second kappa shape index (κ2) is 6.36. The van der Waals surface area contributed by atoms with E-state index in [2.05, 4.69) is 9.99 Å². The molecule has 20 heavy (non-hydrogen) atoms. The van der Waals surface area contributed by atoms with E-state index in [1.54, 1.807) is 0 Å². The maximum Gasteiger partial charge on any atom is 0.366 e. The van der Waals surface area contributed by atoms with Crippen LogP contribution < -0.4 is 15.2 Å². The standard InChI is InChI=1S/C11H13N3O6/c1-6(12)13-20-11(15)7-4-8(14(16)17)10(19-3)9(5-7)18-2/h4-5H,1-3H3,(H2,12,13). The molecule has 0 saturated carbocycles. The van der Waals surface area contributed by atoms with Crippen LogP contribution in [-0.4, -0.2) is 30.9 Å². The number of nitro benzene ring substituents is 1. The Morgan fingerprint density at radius 1 is 1.35 bits per heavy atom. The number of ether oxygens (including phenoxy) is 2. The summed E-state index contributed by atoms with van der Waals surface area (Å²) >= 11 is 0. The number of hydrogen-bond donors (Lipinski definition) is 1. The molecular weight excluding hydrogens is 270 g/mol. The van der Waals surface area contributed by atoms with Crippen molar-refractivity contribution in [3.8, 4) is 11.5 Å². The first-order chi connectivity index (χ1) is 9.40. The minimum Gasteiger partial charge on any atom is -0.493 e. The minimum absolute atomic E-state index is 0.0297. The Kier molecular flexibility index (Phi) is 4.84. The number of oxime groups is 1. The quantitative estimate of drug-likeness (QED) is 0.281. The summed E-state index contributed by atoms with van der Waals surface area (Å²) in [6.45, 7) is 1.42. The molecule has 0 fully saturated rings. The highest BCUT2D eigenvalue weighted by atomic mass is 16.7. The van der Waals surface area contributed by atoms with Crippen LogP contribution in [0.2, 0.25) is 0 Å². The summed E-state index contributed by atoms with van der Waals surface area (Å²) in [5, 5.41) is 14.2. The lowest BCUT2D eigenvalue weighted by Gasteiger charge is -2.09. The Bertz CT molecular complexity index is 566. The topological polar surface area (TPSA) is 126 Å². The van der Waals surface area contributed by atoms with Gasteiger partial charge in [0.25, 0.3) is 0 Å². The Balaban J connectivity index is 3.28. The molecule has 0 saturated heterocycles. The summed E-state index contributed by atoms with van der Waals surface area (Å²) in [5.74, 6) is -0.929. The highest BCUT2D eigenvalue weighted by Crippen LogP contribution is 2.38. The zero-order valence-electron chi connectivity index (χ0n) is 11.1. The molecule has 0 spiro atoms. The predicted molar refractivity (Wildman–Crippen MR) is 68.9 cm³/mol. The van der Waals surface area contributed by atoms with Crippen molar-refractivity contribution in [2.45, 2.75) is 6.92 Å². The third-order valence-corrected chi connectivity index (χ3v) is 2.16. The number of nitro groups is 1. The van der Waals surface area contributed by atoms with Crippen LogP contribution in [0.5, 0.6) is 11.5 Å². The van der Waals surface area contributed by atoms with Crippen molar-refractivity contribution in [1.82, 2.24) is 0 Å². The van der Waals surface area contributed by atoms with Crippen molar-refractivity contribution in [3.63, 3.8) is 0 Å². The smallest absolute Gasteiger partial charge is 0.366 e. The first-order valence-corrected chi connectivity index (χ1v) is 5.32. The van der Waals surface area contributed by atoms with Crippen LogP contribution in [0.3, 0.4) is 0 Å². The number of amidine groups is 1. The molecule has 0 aliphatic rings. The van der Waals surface area contributed by atoms with E-state index in [1.807, 2.05) is 0 Å². The first kappa shape index (κ1) is 15.2. The van der Waals surface area contributed by atoms with Gasteiger partial charge in [-0.2, -0.15) is 0 Å². The van der Waals surface area contributed by atoms with Gasteiger partial charge >= 0.3 is 11.7 Å². The molecule has 0 atom stereocenters. The summed E-state index contributed by atoms with van der Waals surface area (Å²) in [5.41, 5.74) is 4.68. The summed E-state index contributed by atoms with van der Waals surface area (Å²) in [6.07, 6.45) is 0. The lowest BCUT2D eigenvalue weighted by molar-refractivity contribution is -0.385. The molecule has 0 heterocycles. The van der Waals surface area contributed by atoms with Crippen LogP contribution in [0.15, 0.2) is 17.3 Å². The van der Waals surface area contributed by atoms with Crippen LogP contribution in [0, 0.1) is 10.1 Å². The number of carbonyl (C=O) groups is 1. The molecule has 0 radical (unpaired) electrons. The molecular formula is C11H13N3O6. The maximum absolute atomic E-state index is 11.7. The lowest BCUT2D eigenvalue weighted by Crippen LogP contribution is -2.10. The third kappa shape index (κ3) is 3.34. The molecule has 108 valence electrons. The highest BCUT2D eigenvalue weighted by Gasteiger charge is 2.24. The van der Waals surface area contributed by atoms with Crippen LogP contribution in [0.1, 0.15) is 17.3 Å². The average Bonchev–Trinajstić information content (AvgIpc) is 2.42. The lowest BCUT2D eigenvalue weighted by atomic mass is 10.1. The van der Waals surface area contributed by atoms with Crippen molar-refractivity contribution < 1.29 is 24.0 Å². The normalized spacial score (nSPS) is 10.8. The monoisotopic (exact) mass is 283 g/mol. The molecule has 0 amide bonds. The van der Waals surface area contributed by atoms with Gasteiger partial charge in [0.05, 0.1) is 24.7 Å². The fourth-order valence-electron chi connectivity index (χ4n) is 1.36. The van der Waals surface area contributed by atoms with Gasteiger partial charge in [0, 0.05) is 6.07 Å². The molecule has 0 aliphatic carbocycles. The zero-order valence-corrected chi connectivity index (χ0v) is 11.1. The van der Waals surface area contributed by atoms with Crippen molar-refractivity contribution >= 4 is 17.5 Å². The van der Waals surface area contributed by atoms with Crippen LogP contribution in [0.25, 0.3) is 0 Å². The fourth-order valence-corrected chi connectivity index (χ4v) is 1.36. The van der Waals surface area contributed by atoms with E-state index in [9.17, 15) is 14.9 Å². The van der Waals surface area contributed by atoms with Crippen molar-refractivity contribution in [1.29, 1.82) is 0 Å². The van der Waals surface area contributed by atoms with Gasteiger partial charge in [0.2, 0.25) is 5.75 Å². The summed E-state index contributed by atoms with van der Waals surface area (Å²) in [6, 6.07) is 2.25. The Hall–Kier alpha value is -2.84. The average molecular weight is 283 g/mol.